The number of hydrogen-bond donors (Lipinski definition) is 1. The molecule has 114 valence electrons. The quantitative estimate of drug-likeness (QED) is 0.724. The summed E-state index contributed by atoms with van der Waals surface area (Å²) in [6, 6.07) is -0.782. The van der Waals surface area contributed by atoms with Gasteiger partial charge in [-0.05, 0) is 33.6 Å². The van der Waals surface area contributed by atoms with Gasteiger partial charge in [0.1, 0.15) is 6.04 Å². The largest absolute Gasteiger partial charge is 0.480 e. The molecular weight excluding hydrogens is 260 g/mol. The molecule has 0 saturated heterocycles. The predicted octanol–water partition coefficient (Wildman–Crippen LogP) is 1.10. The van der Waals surface area contributed by atoms with Crippen molar-refractivity contribution in [3.63, 3.8) is 0 Å². The smallest absolute Gasteiger partial charge is 0.326 e. The monoisotopic (exact) mass is 284 g/mol. The van der Waals surface area contributed by atoms with Crippen molar-refractivity contribution in [3.05, 3.63) is 0 Å². The second-order valence-corrected chi connectivity index (χ2v) is 5.11. The average Bonchev–Trinajstić information content (AvgIpc) is 3.22. The molecule has 0 aliphatic heterocycles. The van der Waals surface area contributed by atoms with Gasteiger partial charge in [0.05, 0.1) is 0 Å². The summed E-state index contributed by atoms with van der Waals surface area (Å²) < 4.78 is 0. The van der Waals surface area contributed by atoms with Crippen LogP contribution in [0.25, 0.3) is 0 Å². The number of aliphatic carboxylic acids is 1. The summed E-state index contributed by atoms with van der Waals surface area (Å²) in [5, 5.41) is 9.05. The first-order chi connectivity index (χ1) is 9.42. The summed E-state index contributed by atoms with van der Waals surface area (Å²) in [5.41, 5.74) is 0. The van der Waals surface area contributed by atoms with Crippen molar-refractivity contribution in [1.29, 1.82) is 0 Å². The van der Waals surface area contributed by atoms with E-state index in [1.807, 2.05) is 13.8 Å². The summed E-state index contributed by atoms with van der Waals surface area (Å²) in [4.78, 5) is 38.2. The Bertz CT molecular complexity index is 375. The van der Waals surface area contributed by atoms with Crippen molar-refractivity contribution >= 4 is 17.8 Å². The highest BCUT2D eigenvalue weighted by molar-refractivity contribution is 5.87. The SMILES string of the molecule is CCN(CC)C(=O)CCC(=O)N(C1CC1)C(C)C(=O)O. The van der Waals surface area contributed by atoms with Gasteiger partial charge in [-0.1, -0.05) is 0 Å². The van der Waals surface area contributed by atoms with Crippen LogP contribution in [0.15, 0.2) is 0 Å². The third-order valence-electron chi connectivity index (χ3n) is 3.67. The van der Waals surface area contributed by atoms with Crippen molar-refractivity contribution in [2.45, 2.75) is 58.5 Å². The molecule has 0 aromatic rings. The Hall–Kier alpha value is -1.59. The van der Waals surface area contributed by atoms with E-state index in [1.165, 1.54) is 11.8 Å². The van der Waals surface area contributed by atoms with E-state index in [9.17, 15) is 14.4 Å². The molecule has 0 spiro atoms. The molecule has 1 atom stereocenters. The summed E-state index contributed by atoms with van der Waals surface area (Å²) in [6.07, 6.45) is 1.94. The molecular formula is C14H24N2O4. The van der Waals surface area contributed by atoms with Crippen molar-refractivity contribution in [2.24, 2.45) is 0 Å². The Morgan fingerprint density at radius 1 is 1.10 bits per heavy atom. The lowest BCUT2D eigenvalue weighted by atomic mass is 10.2. The topological polar surface area (TPSA) is 77.9 Å². The molecule has 0 radical (unpaired) electrons. The molecule has 6 heteroatoms. The fourth-order valence-electron chi connectivity index (χ4n) is 2.28. The molecule has 0 aromatic heterocycles. The molecule has 1 rings (SSSR count). The van der Waals surface area contributed by atoms with Crippen molar-refractivity contribution < 1.29 is 19.5 Å². The van der Waals surface area contributed by atoms with Crippen molar-refractivity contribution in [3.8, 4) is 0 Å². The van der Waals surface area contributed by atoms with Crippen LogP contribution in [-0.4, -0.2) is 57.9 Å². The van der Waals surface area contributed by atoms with Gasteiger partial charge >= 0.3 is 5.97 Å². The molecule has 0 bridgehead atoms. The van der Waals surface area contributed by atoms with E-state index in [0.29, 0.717) is 13.1 Å². The zero-order valence-corrected chi connectivity index (χ0v) is 12.5. The number of nitrogens with zero attached hydrogens (tertiary/aromatic N) is 2. The lowest BCUT2D eigenvalue weighted by molar-refractivity contribution is -0.150. The van der Waals surface area contributed by atoms with Gasteiger partial charge in [0.25, 0.3) is 0 Å². The molecule has 0 aromatic carbocycles. The maximum absolute atomic E-state index is 12.2. The molecule has 1 aliphatic rings. The standard InChI is InChI=1S/C14H24N2O4/c1-4-15(5-2)12(17)8-9-13(18)16(11-6-7-11)10(3)14(19)20/h10-11H,4-9H2,1-3H3,(H,19,20). The molecule has 1 saturated carbocycles. The Morgan fingerprint density at radius 2 is 1.60 bits per heavy atom. The van der Waals surface area contributed by atoms with Crippen molar-refractivity contribution in [1.82, 2.24) is 9.80 Å². The highest BCUT2D eigenvalue weighted by atomic mass is 16.4. The van der Waals surface area contributed by atoms with Gasteiger partial charge < -0.3 is 14.9 Å². The molecule has 1 aliphatic carbocycles. The van der Waals surface area contributed by atoms with Gasteiger partial charge in [-0.25, -0.2) is 4.79 Å². The lowest BCUT2D eigenvalue weighted by Gasteiger charge is -2.27. The number of carboxylic acid groups (broad SMARTS) is 1. The van der Waals surface area contributed by atoms with Gasteiger partial charge in [-0.3, -0.25) is 9.59 Å². The minimum atomic E-state index is -1.000. The van der Waals surface area contributed by atoms with E-state index >= 15 is 0 Å². The zero-order valence-electron chi connectivity index (χ0n) is 12.5. The van der Waals surface area contributed by atoms with Crippen molar-refractivity contribution in [2.75, 3.05) is 13.1 Å². The van der Waals surface area contributed by atoms with Crippen LogP contribution in [0.4, 0.5) is 0 Å². The molecule has 1 fully saturated rings. The van der Waals surface area contributed by atoms with Crippen LogP contribution in [0, 0.1) is 0 Å². The third kappa shape index (κ3) is 4.21. The Kier molecular flexibility index (Phi) is 5.98. The van der Waals surface area contributed by atoms with Gasteiger partial charge in [0.2, 0.25) is 11.8 Å². The summed E-state index contributed by atoms with van der Waals surface area (Å²) in [7, 11) is 0. The van der Waals surface area contributed by atoms with Crippen LogP contribution >= 0.6 is 0 Å². The van der Waals surface area contributed by atoms with Crippen LogP contribution in [0.5, 0.6) is 0 Å². The Labute approximate surface area is 119 Å². The van der Waals surface area contributed by atoms with Crippen LogP contribution in [-0.2, 0) is 14.4 Å². The number of carbonyl (C=O) groups excluding carboxylic acids is 2. The number of carbonyl (C=O) groups is 3. The van der Waals surface area contributed by atoms with Crippen LogP contribution < -0.4 is 0 Å². The number of rotatable bonds is 8. The highest BCUT2D eigenvalue weighted by Gasteiger charge is 2.38. The second-order valence-electron chi connectivity index (χ2n) is 5.11. The van der Waals surface area contributed by atoms with E-state index in [-0.39, 0.29) is 30.7 Å². The number of amides is 2. The predicted molar refractivity (Wildman–Crippen MR) is 74.1 cm³/mol. The van der Waals surface area contributed by atoms with E-state index < -0.39 is 12.0 Å². The number of carboxylic acids is 1. The zero-order chi connectivity index (χ0) is 15.3. The van der Waals surface area contributed by atoms with Crippen LogP contribution in [0.2, 0.25) is 0 Å². The Balaban J connectivity index is 2.55. The first kappa shape index (κ1) is 16.5. The van der Waals surface area contributed by atoms with E-state index in [0.717, 1.165) is 12.8 Å². The first-order valence-corrected chi connectivity index (χ1v) is 7.24. The average molecular weight is 284 g/mol. The van der Waals surface area contributed by atoms with Gasteiger partial charge in [0.15, 0.2) is 0 Å². The van der Waals surface area contributed by atoms with E-state index in [1.54, 1.807) is 4.90 Å². The highest BCUT2D eigenvalue weighted by Crippen LogP contribution is 2.29. The first-order valence-electron chi connectivity index (χ1n) is 7.24. The third-order valence-corrected chi connectivity index (χ3v) is 3.67. The minimum absolute atomic E-state index is 0.0390. The molecule has 0 heterocycles. The summed E-state index contributed by atoms with van der Waals surface area (Å²) >= 11 is 0. The molecule has 1 unspecified atom stereocenters. The van der Waals surface area contributed by atoms with E-state index in [4.69, 9.17) is 5.11 Å². The fourth-order valence-corrected chi connectivity index (χ4v) is 2.28. The summed E-state index contributed by atoms with van der Waals surface area (Å²) in [6.45, 7) is 6.56. The summed E-state index contributed by atoms with van der Waals surface area (Å²) in [5.74, 6) is -1.29. The fraction of sp³-hybridized carbons (Fsp3) is 0.786. The van der Waals surface area contributed by atoms with Crippen LogP contribution in [0.1, 0.15) is 46.5 Å². The maximum atomic E-state index is 12.2. The number of hydrogen-bond acceptors (Lipinski definition) is 3. The van der Waals surface area contributed by atoms with Gasteiger partial charge in [0, 0.05) is 32.0 Å². The Morgan fingerprint density at radius 3 is 2.00 bits per heavy atom. The lowest BCUT2D eigenvalue weighted by Crippen LogP contribution is -2.45. The van der Waals surface area contributed by atoms with E-state index in [2.05, 4.69) is 0 Å². The van der Waals surface area contributed by atoms with Crippen LogP contribution in [0.3, 0.4) is 0 Å². The molecule has 1 N–H and O–H groups in total. The normalized spacial score (nSPS) is 15.6. The van der Waals surface area contributed by atoms with Gasteiger partial charge in [-0.2, -0.15) is 0 Å². The maximum Gasteiger partial charge on any atom is 0.326 e. The second kappa shape index (κ2) is 7.26. The molecule has 20 heavy (non-hydrogen) atoms. The molecule has 2 amide bonds. The van der Waals surface area contributed by atoms with Gasteiger partial charge in [-0.15, -0.1) is 0 Å². The minimum Gasteiger partial charge on any atom is -0.480 e. The molecule has 6 nitrogen and oxygen atoms in total.